The number of fused-ring (bicyclic) bond motifs is 1. The Morgan fingerprint density at radius 2 is 1.78 bits per heavy atom. The van der Waals surface area contributed by atoms with Crippen LogP contribution in [0.2, 0.25) is 0 Å². The van der Waals surface area contributed by atoms with Crippen molar-refractivity contribution in [2.45, 2.75) is 13.3 Å². The lowest BCUT2D eigenvalue weighted by Gasteiger charge is -2.21. The fourth-order valence-electron chi connectivity index (χ4n) is 2.90. The normalized spacial score (nSPS) is 13.1. The van der Waals surface area contributed by atoms with E-state index in [9.17, 15) is 5.21 Å². The number of methoxy groups -OCH3 is 2. The number of aliphatic imine (C=N–C) groups is 1. The van der Waals surface area contributed by atoms with Crippen LogP contribution in [0.5, 0.6) is 11.5 Å². The third kappa shape index (κ3) is 2.75. The Labute approximate surface area is 135 Å². The van der Waals surface area contributed by atoms with Crippen molar-refractivity contribution >= 4 is 11.4 Å². The van der Waals surface area contributed by atoms with E-state index in [1.165, 1.54) is 0 Å². The number of rotatable bonds is 4. The molecule has 0 spiro atoms. The SMILES string of the molecule is COc1cc2c(cc1OC)C(c1cc(C)ccc1NO)=NCC2. The third-order valence-corrected chi connectivity index (χ3v) is 4.07. The summed E-state index contributed by atoms with van der Waals surface area (Å²) in [5.41, 5.74) is 7.91. The molecular formula is C18H20N2O3. The number of nitrogens with one attached hydrogen (secondary N) is 1. The van der Waals surface area contributed by atoms with Gasteiger partial charge in [0.1, 0.15) is 0 Å². The highest BCUT2D eigenvalue weighted by Gasteiger charge is 2.21. The van der Waals surface area contributed by atoms with Crippen molar-refractivity contribution in [3.63, 3.8) is 0 Å². The second kappa shape index (κ2) is 6.30. The molecule has 0 fully saturated rings. The van der Waals surface area contributed by atoms with Crippen molar-refractivity contribution in [3.05, 3.63) is 52.6 Å². The molecule has 0 atom stereocenters. The maximum atomic E-state index is 9.42. The van der Waals surface area contributed by atoms with Crippen LogP contribution >= 0.6 is 0 Å². The number of nitrogens with zero attached hydrogens (tertiary/aromatic N) is 1. The van der Waals surface area contributed by atoms with Gasteiger partial charge in [-0.25, -0.2) is 0 Å². The summed E-state index contributed by atoms with van der Waals surface area (Å²) < 4.78 is 10.8. The van der Waals surface area contributed by atoms with Crippen LogP contribution in [0.4, 0.5) is 5.69 Å². The Hall–Kier alpha value is -2.53. The minimum atomic E-state index is 0.636. The van der Waals surface area contributed by atoms with Crippen LogP contribution in [0.15, 0.2) is 35.3 Å². The van der Waals surface area contributed by atoms with Crippen molar-refractivity contribution < 1.29 is 14.7 Å². The Bertz CT molecular complexity index is 769. The highest BCUT2D eigenvalue weighted by molar-refractivity contribution is 6.17. The van der Waals surface area contributed by atoms with Crippen LogP contribution in [-0.4, -0.2) is 31.7 Å². The third-order valence-electron chi connectivity index (χ3n) is 4.07. The summed E-state index contributed by atoms with van der Waals surface area (Å²) in [7, 11) is 3.26. The first-order valence-electron chi connectivity index (χ1n) is 7.48. The zero-order chi connectivity index (χ0) is 16.4. The first kappa shape index (κ1) is 15.4. The molecule has 0 unspecified atom stereocenters. The number of ether oxygens (including phenoxy) is 2. The van der Waals surface area contributed by atoms with Gasteiger partial charge in [0.25, 0.3) is 0 Å². The lowest BCUT2D eigenvalue weighted by molar-refractivity contribution is 0.354. The van der Waals surface area contributed by atoms with Crippen LogP contribution in [0.3, 0.4) is 0 Å². The van der Waals surface area contributed by atoms with Gasteiger partial charge < -0.3 is 9.47 Å². The summed E-state index contributed by atoms with van der Waals surface area (Å²) in [5, 5.41) is 9.42. The van der Waals surface area contributed by atoms with E-state index in [1.54, 1.807) is 14.2 Å². The van der Waals surface area contributed by atoms with Crippen LogP contribution in [-0.2, 0) is 6.42 Å². The van der Waals surface area contributed by atoms with Gasteiger partial charge in [0.2, 0.25) is 0 Å². The second-order valence-corrected chi connectivity index (χ2v) is 5.51. The fraction of sp³-hybridized carbons (Fsp3) is 0.278. The molecule has 5 nitrogen and oxygen atoms in total. The van der Waals surface area contributed by atoms with Gasteiger partial charge in [-0.05, 0) is 43.2 Å². The molecule has 0 amide bonds. The predicted molar refractivity (Wildman–Crippen MR) is 90.3 cm³/mol. The molecule has 0 saturated heterocycles. The molecule has 120 valence electrons. The predicted octanol–water partition coefficient (Wildman–Crippen LogP) is 3.21. The summed E-state index contributed by atoms with van der Waals surface area (Å²) in [6.07, 6.45) is 0.854. The van der Waals surface area contributed by atoms with Gasteiger partial charge in [0, 0.05) is 17.7 Å². The molecule has 3 rings (SSSR count). The number of anilines is 1. The lowest BCUT2D eigenvalue weighted by atomic mass is 9.91. The van der Waals surface area contributed by atoms with Gasteiger partial charge >= 0.3 is 0 Å². The molecule has 23 heavy (non-hydrogen) atoms. The molecule has 2 aromatic rings. The highest BCUT2D eigenvalue weighted by Crippen LogP contribution is 2.34. The van der Waals surface area contributed by atoms with Gasteiger partial charge in [0.15, 0.2) is 11.5 Å². The van der Waals surface area contributed by atoms with Crippen molar-refractivity contribution in [1.29, 1.82) is 0 Å². The van der Waals surface area contributed by atoms with Gasteiger partial charge in [0.05, 0.1) is 25.6 Å². The Kier molecular flexibility index (Phi) is 4.21. The summed E-state index contributed by atoms with van der Waals surface area (Å²) in [5.74, 6) is 1.39. The zero-order valence-electron chi connectivity index (χ0n) is 13.5. The minimum absolute atomic E-state index is 0.636. The molecule has 0 aromatic heterocycles. The topological polar surface area (TPSA) is 63.1 Å². The molecule has 1 aliphatic heterocycles. The molecule has 0 aliphatic carbocycles. The average molecular weight is 312 g/mol. The first-order valence-corrected chi connectivity index (χ1v) is 7.48. The minimum Gasteiger partial charge on any atom is -0.493 e. The summed E-state index contributed by atoms with van der Waals surface area (Å²) >= 11 is 0. The van der Waals surface area contributed by atoms with E-state index in [0.717, 1.165) is 40.1 Å². The molecule has 1 heterocycles. The Morgan fingerprint density at radius 1 is 1.04 bits per heavy atom. The molecule has 1 aliphatic rings. The first-order chi connectivity index (χ1) is 11.2. The van der Waals surface area contributed by atoms with Gasteiger partial charge in [-0.3, -0.25) is 15.7 Å². The van der Waals surface area contributed by atoms with Gasteiger partial charge in [-0.2, -0.15) is 0 Å². The van der Waals surface area contributed by atoms with E-state index in [0.29, 0.717) is 18.0 Å². The number of hydrogen-bond donors (Lipinski definition) is 2. The molecule has 0 bridgehead atoms. The largest absolute Gasteiger partial charge is 0.493 e. The van der Waals surface area contributed by atoms with Crippen molar-refractivity contribution in [1.82, 2.24) is 0 Å². The number of benzene rings is 2. The average Bonchev–Trinajstić information content (AvgIpc) is 2.59. The quantitative estimate of drug-likeness (QED) is 0.851. The zero-order valence-corrected chi connectivity index (χ0v) is 13.5. The number of hydrogen-bond acceptors (Lipinski definition) is 5. The van der Waals surface area contributed by atoms with E-state index in [-0.39, 0.29) is 0 Å². The standard InChI is InChI=1S/C18H20N2O3/c1-11-4-5-15(20-21)14(8-11)18-13-10-17(23-3)16(22-2)9-12(13)6-7-19-18/h4-5,8-10,20-21H,6-7H2,1-3H3. The Morgan fingerprint density at radius 3 is 2.48 bits per heavy atom. The molecule has 2 N–H and O–H groups in total. The van der Waals surface area contributed by atoms with E-state index in [1.807, 2.05) is 37.3 Å². The lowest BCUT2D eigenvalue weighted by Crippen LogP contribution is -2.16. The van der Waals surface area contributed by atoms with Gasteiger partial charge in [-0.1, -0.05) is 11.6 Å². The monoisotopic (exact) mass is 312 g/mol. The van der Waals surface area contributed by atoms with Crippen LogP contribution < -0.4 is 15.0 Å². The van der Waals surface area contributed by atoms with E-state index in [4.69, 9.17) is 14.5 Å². The summed E-state index contributed by atoms with van der Waals surface area (Å²) in [4.78, 5) is 4.69. The summed E-state index contributed by atoms with van der Waals surface area (Å²) in [6, 6.07) is 9.77. The van der Waals surface area contributed by atoms with Crippen LogP contribution in [0.1, 0.15) is 22.3 Å². The smallest absolute Gasteiger partial charge is 0.161 e. The maximum absolute atomic E-state index is 9.42. The highest BCUT2D eigenvalue weighted by atomic mass is 16.5. The molecule has 2 aromatic carbocycles. The molecule has 0 saturated carbocycles. The molecule has 0 radical (unpaired) electrons. The molecular weight excluding hydrogens is 292 g/mol. The molecule has 5 heteroatoms. The maximum Gasteiger partial charge on any atom is 0.161 e. The fourth-order valence-corrected chi connectivity index (χ4v) is 2.90. The van der Waals surface area contributed by atoms with Crippen LogP contribution in [0, 0.1) is 6.92 Å². The van der Waals surface area contributed by atoms with E-state index >= 15 is 0 Å². The summed E-state index contributed by atoms with van der Waals surface area (Å²) in [6.45, 7) is 2.72. The van der Waals surface area contributed by atoms with E-state index < -0.39 is 0 Å². The van der Waals surface area contributed by atoms with Crippen molar-refractivity contribution in [2.75, 3.05) is 26.2 Å². The van der Waals surface area contributed by atoms with E-state index in [2.05, 4.69) is 5.48 Å². The van der Waals surface area contributed by atoms with Crippen molar-refractivity contribution in [2.24, 2.45) is 4.99 Å². The van der Waals surface area contributed by atoms with Crippen LogP contribution in [0.25, 0.3) is 0 Å². The van der Waals surface area contributed by atoms with Crippen molar-refractivity contribution in [3.8, 4) is 11.5 Å². The Balaban J connectivity index is 2.18. The van der Waals surface area contributed by atoms with Gasteiger partial charge in [-0.15, -0.1) is 0 Å². The second-order valence-electron chi connectivity index (χ2n) is 5.51. The number of aryl methyl sites for hydroxylation is 1.